The van der Waals surface area contributed by atoms with E-state index in [1.165, 1.54) is 0 Å². The molecule has 2 rings (SSSR count). The van der Waals surface area contributed by atoms with E-state index < -0.39 is 0 Å². The first-order valence-corrected chi connectivity index (χ1v) is 5.57. The summed E-state index contributed by atoms with van der Waals surface area (Å²) in [4.78, 5) is 15.7. The van der Waals surface area contributed by atoms with Gasteiger partial charge < -0.3 is 10.1 Å². The van der Waals surface area contributed by atoms with Crippen LogP contribution in [-0.2, 0) is 4.74 Å². The zero-order chi connectivity index (χ0) is 12.0. The summed E-state index contributed by atoms with van der Waals surface area (Å²) in [6.45, 7) is 7.09. The van der Waals surface area contributed by atoms with Crippen molar-refractivity contribution in [2.45, 2.75) is 26.8 Å². The Balaban J connectivity index is 0.000000606. The number of hydrogen-bond donors (Lipinski definition) is 1. The summed E-state index contributed by atoms with van der Waals surface area (Å²) in [5, 5.41) is 2.85. The van der Waals surface area contributed by atoms with Crippen molar-refractivity contribution in [2.24, 2.45) is 0 Å². The van der Waals surface area contributed by atoms with Gasteiger partial charge in [-0.2, -0.15) is 0 Å². The number of aromatic nitrogens is 1. The third kappa shape index (κ3) is 3.03. The second kappa shape index (κ2) is 6.23. The van der Waals surface area contributed by atoms with Crippen molar-refractivity contribution >= 4 is 5.91 Å². The smallest absolute Gasteiger partial charge is 0.270 e. The molecule has 1 aromatic rings. The molecular formula is C12H18N2O2. The lowest BCUT2D eigenvalue weighted by Crippen LogP contribution is -2.48. The normalized spacial score (nSPS) is 14.4. The Morgan fingerprint density at radius 1 is 1.50 bits per heavy atom. The average molecular weight is 222 g/mol. The molecule has 0 aliphatic carbocycles. The van der Waals surface area contributed by atoms with E-state index in [1.807, 2.05) is 32.9 Å². The molecule has 4 heteroatoms. The van der Waals surface area contributed by atoms with Crippen molar-refractivity contribution in [1.82, 2.24) is 10.3 Å². The largest absolute Gasteiger partial charge is 0.377 e. The third-order valence-electron chi connectivity index (χ3n) is 2.20. The second-order valence-corrected chi connectivity index (χ2v) is 3.38. The van der Waals surface area contributed by atoms with Crippen LogP contribution in [0.3, 0.4) is 0 Å². The highest BCUT2D eigenvalue weighted by molar-refractivity contribution is 5.93. The molecule has 1 aliphatic heterocycles. The Bertz CT molecular complexity index is 349. The molecule has 0 spiro atoms. The Labute approximate surface area is 96.0 Å². The van der Waals surface area contributed by atoms with Crippen LogP contribution in [0, 0.1) is 6.92 Å². The number of nitrogens with one attached hydrogen (secondary N) is 1. The van der Waals surface area contributed by atoms with Crippen LogP contribution >= 0.6 is 0 Å². The number of hydrogen-bond acceptors (Lipinski definition) is 3. The van der Waals surface area contributed by atoms with Crippen molar-refractivity contribution in [3.8, 4) is 0 Å². The van der Waals surface area contributed by atoms with Gasteiger partial charge in [0.2, 0.25) is 0 Å². The van der Waals surface area contributed by atoms with Crippen LogP contribution < -0.4 is 5.32 Å². The minimum atomic E-state index is -0.114. The van der Waals surface area contributed by atoms with Gasteiger partial charge in [0.15, 0.2) is 0 Å². The van der Waals surface area contributed by atoms with E-state index in [0.717, 1.165) is 5.56 Å². The molecule has 1 amide bonds. The van der Waals surface area contributed by atoms with Gasteiger partial charge in [-0.15, -0.1) is 0 Å². The summed E-state index contributed by atoms with van der Waals surface area (Å²) < 4.78 is 4.97. The number of carbonyl (C=O) groups is 1. The molecule has 0 aromatic carbocycles. The molecule has 1 N–H and O–H groups in total. The van der Waals surface area contributed by atoms with E-state index in [4.69, 9.17) is 4.74 Å². The van der Waals surface area contributed by atoms with Crippen molar-refractivity contribution in [3.63, 3.8) is 0 Å². The van der Waals surface area contributed by atoms with Crippen LogP contribution in [0.15, 0.2) is 18.3 Å². The maximum absolute atomic E-state index is 11.6. The molecule has 1 saturated heterocycles. The van der Waals surface area contributed by atoms with Crippen LogP contribution in [0.5, 0.6) is 0 Å². The Hall–Kier alpha value is -1.42. The Morgan fingerprint density at radius 3 is 2.69 bits per heavy atom. The van der Waals surface area contributed by atoms with Gasteiger partial charge in [0.25, 0.3) is 5.91 Å². The van der Waals surface area contributed by atoms with Gasteiger partial charge in [0, 0.05) is 6.20 Å². The molecule has 0 saturated carbocycles. The zero-order valence-electron chi connectivity index (χ0n) is 9.99. The number of pyridine rings is 1. The van der Waals surface area contributed by atoms with E-state index in [0.29, 0.717) is 18.9 Å². The summed E-state index contributed by atoms with van der Waals surface area (Å²) >= 11 is 0. The lowest BCUT2D eigenvalue weighted by molar-refractivity contribution is -0.00356. The van der Waals surface area contributed by atoms with Crippen LogP contribution in [0.2, 0.25) is 0 Å². The molecule has 4 nitrogen and oxygen atoms in total. The fourth-order valence-corrected chi connectivity index (χ4v) is 1.30. The van der Waals surface area contributed by atoms with Gasteiger partial charge in [-0.3, -0.25) is 9.78 Å². The third-order valence-corrected chi connectivity index (χ3v) is 2.20. The molecule has 1 aromatic heterocycles. The SMILES string of the molecule is CC.Cc1cccnc1C(=O)NC1COC1. The molecular weight excluding hydrogens is 204 g/mol. The quantitative estimate of drug-likeness (QED) is 0.826. The second-order valence-electron chi connectivity index (χ2n) is 3.38. The summed E-state index contributed by atoms with van der Waals surface area (Å²) in [5.74, 6) is -0.114. The lowest BCUT2D eigenvalue weighted by Gasteiger charge is -2.26. The fourth-order valence-electron chi connectivity index (χ4n) is 1.30. The topological polar surface area (TPSA) is 51.2 Å². The van der Waals surface area contributed by atoms with E-state index in [2.05, 4.69) is 10.3 Å². The molecule has 2 heterocycles. The lowest BCUT2D eigenvalue weighted by atomic mass is 10.2. The molecule has 0 radical (unpaired) electrons. The number of rotatable bonds is 2. The minimum absolute atomic E-state index is 0.114. The summed E-state index contributed by atoms with van der Waals surface area (Å²) in [6.07, 6.45) is 1.62. The summed E-state index contributed by atoms with van der Waals surface area (Å²) in [6, 6.07) is 3.85. The van der Waals surface area contributed by atoms with Crippen LogP contribution in [0.4, 0.5) is 0 Å². The number of ether oxygens (including phenoxy) is 1. The van der Waals surface area contributed by atoms with Crippen molar-refractivity contribution in [2.75, 3.05) is 13.2 Å². The van der Waals surface area contributed by atoms with Crippen LogP contribution in [-0.4, -0.2) is 30.1 Å². The molecule has 1 fully saturated rings. The predicted octanol–water partition coefficient (Wildman–Crippen LogP) is 1.54. The van der Waals surface area contributed by atoms with Crippen LogP contribution in [0.25, 0.3) is 0 Å². The predicted molar refractivity (Wildman–Crippen MR) is 62.4 cm³/mol. The molecule has 16 heavy (non-hydrogen) atoms. The van der Waals surface area contributed by atoms with Crippen LogP contribution in [0.1, 0.15) is 29.9 Å². The highest BCUT2D eigenvalue weighted by Gasteiger charge is 2.21. The number of amides is 1. The Kier molecular flexibility index (Phi) is 4.92. The van der Waals surface area contributed by atoms with E-state index in [1.54, 1.807) is 6.20 Å². The number of carbonyl (C=O) groups excluding carboxylic acids is 1. The summed E-state index contributed by atoms with van der Waals surface area (Å²) in [7, 11) is 0. The summed E-state index contributed by atoms with van der Waals surface area (Å²) in [5.41, 5.74) is 1.39. The fraction of sp³-hybridized carbons (Fsp3) is 0.500. The van der Waals surface area contributed by atoms with Crippen molar-refractivity contribution in [3.05, 3.63) is 29.6 Å². The van der Waals surface area contributed by atoms with Gasteiger partial charge in [-0.25, -0.2) is 0 Å². The molecule has 0 atom stereocenters. The zero-order valence-corrected chi connectivity index (χ0v) is 9.99. The van der Waals surface area contributed by atoms with Gasteiger partial charge in [-0.05, 0) is 18.6 Å². The van der Waals surface area contributed by atoms with Crippen molar-refractivity contribution < 1.29 is 9.53 Å². The highest BCUT2D eigenvalue weighted by Crippen LogP contribution is 2.05. The first-order valence-electron chi connectivity index (χ1n) is 5.57. The first kappa shape index (κ1) is 12.6. The monoisotopic (exact) mass is 222 g/mol. The Morgan fingerprint density at radius 2 is 2.19 bits per heavy atom. The molecule has 1 aliphatic rings. The average Bonchev–Trinajstić information content (AvgIpc) is 2.27. The van der Waals surface area contributed by atoms with E-state index in [-0.39, 0.29) is 11.9 Å². The van der Waals surface area contributed by atoms with Gasteiger partial charge in [0.05, 0.1) is 19.3 Å². The van der Waals surface area contributed by atoms with E-state index in [9.17, 15) is 4.79 Å². The maximum Gasteiger partial charge on any atom is 0.270 e. The minimum Gasteiger partial charge on any atom is -0.377 e. The van der Waals surface area contributed by atoms with Gasteiger partial charge >= 0.3 is 0 Å². The maximum atomic E-state index is 11.6. The van der Waals surface area contributed by atoms with Gasteiger partial charge in [-0.1, -0.05) is 19.9 Å². The highest BCUT2D eigenvalue weighted by atomic mass is 16.5. The standard InChI is InChI=1S/C10H12N2O2.C2H6/c1-7-3-2-4-11-9(7)10(13)12-8-5-14-6-8;1-2/h2-4,8H,5-6H2,1H3,(H,12,13);1-2H3. The van der Waals surface area contributed by atoms with Gasteiger partial charge in [0.1, 0.15) is 5.69 Å². The van der Waals surface area contributed by atoms with Crippen molar-refractivity contribution in [1.29, 1.82) is 0 Å². The molecule has 0 unspecified atom stereocenters. The molecule has 0 bridgehead atoms. The molecule has 88 valence electrons. The number of nitrogens with zero attached hydrogens (tertiary/aromatic N) is 1. The number of aryl methyl sites for hydroxylation is 1. The van der Waals surface area contributed by atoms with E-state index >= 15 is 0 Å². The first-order chi connectivity index (χ1) is 7.77.